The second kappa shape index (κ2) is 8.35. The molecule has 32 heavy (non-hydrogen) atoms. The van der Waals surface area contributed by atoms with E-state index in [0.29, 0.717) is 0 Å². The second-order valence-corrected chi connectivity index (χ2v) is 11.9. The zero-order valence-corrected chi connectivity index (χ0v) is 21.0. The van der Waals surface area contributed by atoms with Crippen LogP contribution in [0.1, 0.15) is 55.4 Å². The van der Waals surface area contributed by atoms with Crippen molar-refractivity contribution >= 4 is 5.69 Å². The number of anilines is 1. The average molecular weight is 436 g/mol. The Hall–Kier alpha value is -2.10. The predicted molar refractivity (Wildman–Crippen MR) is 135 cm³/mol. The van der Waals surface area contributed by atoms with Crippen molar-refractivity contribution in [3.63, 3.8) is 0 Å². The van der Waals surface area contributed by atoms with Crippen molar-refractivity contribution in [2.45, 2.75) is 73.6 Å². The summed E-state index contributed by atoms with van der Waals surface area (Å²) in [6.45, 7) is 17.3. The standard InChI is InChI=1S/C29H41NO2/c1-26(2,3)28(7)18-20(14-16-23(28)31)25(30-22-12-10-9-11-13-22)21-15-17-24(32)29(8,19-21)27(4,5)6/h9-19,23-25,30-32H,1-8H3. The summed E-state index contributed by atoms with van der Waals surface area (Å²) >= 11 is 0. The van der Waals surface area contributed by atoms with Gasteiger partial charge >= 0.3 is 0 Å². The molecule has 0 aliphatic heterocycles. The Bertz CT molecular complexity index is 884. The molecule has 1 aromatic carbocycles. The molecule has 3 heteroatoms. The van der Waals surface area contributed by atoms with Crippen LogP contribution >= 0.6 is 0 Å². The molecule has 4 unspecified atom stereocenters. The minimum atomic E-state index is -0.541. The van der Waals surface area contributed by atoms with E-state index >= 15 is 0 Å². The summed E-state index contributed by atoms with van der Waals surface area (Å²) < 4.78 is 0. The average Bonchev–Trinajstić information content (AvgIpc) is 2.70. The number of aliphatic hydroxyl groups is 2. The fourth-order valence-corrected chi connectivity index (χ4v) is 4.50. The Morgan fingerprint density at radius 3 is 1.53 bits per heavy atom. The van der Waals surface area contributed by atoms with Crippen LogP contribution in [0.2, 0.25) is 0 Å². The van der Waals surface area contributed by atoms with Gasteiger partial charge in [0.25, 0.3) is 0 Å². The summed E-state index contributed by atoms with van der Waals surface area (Å²) in [6, 6.07) is 10.1. The van der Waals surface area contributed by atoms with E-state index in [1.54, 1.807) is 0 Å². The lowest BCUT2D eigenvalue weighted by molar-refractivity contribution is 0.0235. The van der Waals surface area contributed by atoms with Crippen LogP contribution in [0.5, 0.6) is 0 Å². The van der Waals surface area contributed by atoms with Gasteiger partial charge in [0, 0.05) is 16.5 Å². The molecule has 3 N–H and O–H groups in total. The first-order valence-corrected chi connectivity index (χ1v) is 11.7. The van der Waals surface area contributed by atoms with Gasteiger partial charge in [-0.3, -0.25) is 0 Å². The fraction of sp³-hybridized carbons (Fsp3) is 0.517. The molecule has 2 aliphatic rings. The molecule has 0 fully saturated rings. The molecule has 174 valence electrons. The summed E-state index contributed by atoms with van der Waals surface area (Å²) in [6.07, 6.45) is 11.3. The zero-order chi connectivity index (χ0) is 23.9. The van der Waals surface area contributed by atoms with Gasteiger partial charge in [0.1, 0.15) is 0 Å². The Kier molecular flexibility index (Phi) is 6.40. The molecule has 3 nitrogen and oxygen atoms in total. The number of benzene rings is 1. The first kappa shape index (κ1) is 24.5. The van der Waals surface area contributed by atoms with Crippen LogP contribution < -0.4 is 5.32 Å². The smallest absolute Gasteiger partial charge is 0.0817 e. The van der Waals surface area contributed by atoms with E-state index < -0.39 is 23.0 Å². The normalized spacial score (nSPS) is 31.7. The number of para-hydroxylation sites is 1. The third kappa shape index (κ3) is 4.38. The van der Waals surface area contributed by atoms with Crippen LogP contribution in [0.25, 0.3) is 0 Å². The molecule has 3 rings (SSSR count). The lowest BCUT2D eigenvalue weighted by atomic mass is 9.60. The number of rotatable bonds is 4. The zero-order valence-electron chi connectivity index (χ0n) is 21.0. The third-order valence-corrected chi connectivity index (χ3v) is 8.09. The Labute approximate surface area is 194 Å². The third-order valence-electron chi connectivity index (χ3n) is 8.09. The highest BCUT2D eigenvalue weighted by atomic mass is 16.3. The summed E-state index contributed by atoms with van der Waals surface area (Å²) in [5.74, 6) is 0. The van der Waals surface area contributed by atoms with Crippen molar-refractivity contribution in [2.24, 2.45) is 21.7 Å². The van der Waals surface area contributed by atoms with Crippen LogP contribution in [-0.4, -0.2) is 28.5 Å². The fourth-order valence-electron chi connectivity index (χ4n) is 4.50. The monoisotopic (exact) mass is 435 g/mol. The van der Waals surface area contributed by atoms with Crippen molar-refractivity contribution in [1.29, 1.82) is 0 Å². The summed E-state index contributed by atoms with van der Waals surface area (Å²) in [5, 5.41) is 25.5. The maximum Gasteiger partial charge on any atom is 0.0817 e. The molecular formula is C29H41NO2. The highest BCUT2D eigenvalue weighted by Gasteiger charge is 2.45. The van der Waals surface area contributed by atoms with E-state index in [-0.39, 0.29) is 16.9 Å². The second-order valence-electron chi connectivity index (χ2n) is 11.9. The molecule has 0 amide bonds. The van der Waals surface area contributed by atoms with Gasteiger partial charge in [0.2, 0.25) is 0 Å². The van der Waals surface area contributed by atoms with Gasteiger partial charge < -0.3 is 15.5 Å². The van der Waals surface area contributed by atoms with Crippen LogP contribution in [0.4, 0.5) is 5.69 Å². The van der Waals surface area contributed by atoms with Crippen molar-refractivity contribution in [1.82, 2.24) is 0 Å². The minimum absolute atomic E-state index is 0.103. The number of hydrogen-bond donors (Lipinski definition) is 3. The molecule has 4 atom stereocenters. The maximum atomic E-state index is 10.9. The Morgan fingerprint density at radius 1 is 0.750 bits per heavy atom. The SMILES string of the molecule is CC(C)(C)C1(C)C=C(C(Nc2ccccc2)C2=CC(C)(C(C)(C)C)C(O)C=C2)C=CC1O. The molecule has 0 radical (unpaired) electrons. The Morgan fingerprint density at radius 2 is 1.16 bits per heavy atom. The highest BCUT2D eigenvalue weighted by Crippen LogP contribution is 2.49. The van der Waals surface area contributed by atoms with E-state index in [2.05, 4.69) is 85.0 Å². The van der Waals surface area contributed by atoms with Crippen molar-refractivity contribution in [3.05, 3.63) is 77.9 Å². The molecule has 0 saturated carbocycles. The van der Waals surface area contributed by atoms with E-state index in [9.17, 15) is 10.2 Å². The van der Waals surface area contributed by atoms with Crippen molar-refractivity contribution in [2.75, 3.05) is 5.32 Å². The lowest BCUT2D eigenvalue weighted by Gasteiger charge is -2.47. The van der Waals surface area contributed by atoms with Gasteiger partial charge in [0.05, 0.1) is 18.2 Å². The first-order chi connectivity index (χ1) is 14.7. The van der Waals surface area contributed by atoms with Crippen LogP contribution in [0.3, 0.4) is 0 Å². The number of aliphatic hydroxyl groups excluding tert-OH is 2. The molecule has 0 bridgehead atoms. The lowest BCUT2D eigenvalue weighted by Crippen LogP contribution is -2.45. The molecule has 0 heterocycles. The largest absolute Gasteiger partial charge is 0.388 e. The minimum Gasteiger partial charge on any atom is -0.388 e. The predicted octanol–water partition coefficient (Wildman–Crippen LogP) is 6.29. The van der Waals surface area contributed by atoms with Crippen LogP contribution in [0.15, 0.2) is 77.9 Å². The number of hydrogen-bond acceptors (Lipinski definition) is 3. The number of nitrogens with one attached hydrogen (secondary N) is 1. The van der Waals surface area contributed by atoms with Crippen LogP contribution in [-0.2, 0) is 0 Å². The van der Waals surface area contributed by atoms with Crippen LogP contribution in [0, 0.1) is 21.7 Å². The molecule has 2 aliphatic carbocycles. The van der Waals surface area contributed by atoms with E-state index in [4.69, 9.17) is 0 Å². The van der Waals surface area contributed by atoms with Gasteiger partial charge in [0.15, 0.2) is 0 Å². The summed E-state index contributed by atoms with van der Waals surface area (Å²) in [7, 11) is 0. The molecule has 1 aromatic rings. The van der Waals surface area contributed by atoms with Gasteiger partial charge in [-0.25, -0.2) is 0 Å². The Balaban J connectivity index is 2.14. The highest BCUT2D eigenvalue weighted by molar-refractivity contribution is 5.55. The first-order valence-electron chi connectivity index (χ1n) is 11.7. The topological polar surface area (TPSA) is 52.5 Å². The molecule has 0 aromatic heterocycles. The van der Waals surface area contributed by atoms with E-state index in [1.165, 1.54) is 0 Å². The summed E-state index contributed by atoms with van der Waals surface area (Å²) in [4.78, 5) is 0. The summed E-state index contributed by atoms with van der Waals surface area (Å²) in [5.41, 5.74) is 2.24. The van der Waals surface area contributed by atoms with Gasteiger partial charge in [-0.2, -0.15) is 0 Å². The van der Waals surface area contributed by atoms with Gasteiger partial charge in [-0.15, -0.1) is 0 Å². The molecular weight excluding hydrogens is 394 g/mol. The van der Waals surface area contributed by atoms with Gasteiger partial charge in [-0.05, 0) is 34.1 Å². The van der Waals surface area contributed by atoms with E-state index in [0.717, 1.165) is 16.8 Å². The maximum absolute atomic E-state index is 10.9. The molecule has 0 saturated heterocycles. The van der Waals surface area contributed by atoms with Crippen molar-refractivity contribution in [3.8, 4) is 0 Å². The van der Waals surface area contributed by atoms with Crippen molar-refractivity contribution < 1.29 is 10.2 Å². The molecule has 0 spiro atoms. The van der Waals surface area contributed by atoms with E-state index in [1.807, 2.05) is 42.5 Å². The van der Waals surface area contributed by atoms with Gasteiger partial charge in [-0.1, -0.05) is 110 Å². The quantitative estimate of drug-likeness (QED) is 0.521.